The molecule has 0 fully saturated rings. The molecule has 3 aromatic rings. The van der Waals surface area contributed by atoms with Gasteiger partial charge in [0.2, 0.25) is 0 Å². The number of rotatable bonds is 3. The number of carbonyl (C=O) groups excluding carboxylic acids is 1. The molecule has 0 spiro atoms. The van der Waals surface area contributed by atoms with Crippen molar-refractivity contribution in [2.75, 3.05) is 5.32 Å². The minimum atomic E-state index is -0.772. The molecule has 0 atom stereocenters. The van der Waals surface area contributed by atoms with Crippen LogP contribution in [0.2, 0.25) is 0 Å². The smallest absolute Gasteiger partial charge is 0.260 e. The second-order valence-electron chi connectivity index (χ2n) is 4.91. The molecule has 7 heteroatoms. The van der Waals surface area contributed by atoms with Crippen molar-refractivity contribution >= 4 is 33.7 Å². The minimum Gasteiger partial charge on any atom is -0.298 e. The average molecular weight is 350 g/mol. The first-order chi connectivity index (χ1) is 10.9. The van der Waals surface area contributed by atoms with Gasteiger partial charge in [-0.05, 0) is 44.2 Å². The fourth-order valence-electron chi connectivity index (χ4n) is 2.08. The molecule has 0 aliphatic carbocycles. The van der Waals surface area contributed by atoms with E-state index >= 15 is 0 Å². The van der Waals surface area contributed by atoms with Crippen LogP contribution in [-0.4, -0.2) is 10.9 Å². The number of carbonyl (C=O) groups is 1. The number of benzene rings is 1. The van der Waals surface area contributed by atoms with Crippen molar-refractivity contribution in [3.05, 3.63) is 57.3 Å². The second-order valence-corrected chi connectivity index (χ2v) is 7.40. The third-order valence-electron chi connectivity index (χ3n) is 3.16. The normalized spacial score (nSPS) is 10.8. The molecule has 2 aromatic heterocycles. The number of aromatic nitrogens is 1. The van der Waals surface area contributed by atoms with Crippen LogP contribution in [0.25, 0.3) is 10.6 Å². The van der Waals surface area contributed by atoms with Crippen molar-refractivity contribution in [1.29, 1.82) is 0 Å². The van der Waals surface area contributed by atoms with Gasteiger partial charge in [-0.1, -0.05) is 0 Å². The lowest BCUT2D eigenvalue weighted by molar-refractivity contribution is 0.102. The Labute approximate surface area is 139 Å². The van der Waals surface area contributed by atoms with Gasteiger partial charge in [0, 0.05) is 9.75 Å². The number of hydrogen-bond donors (Lipinski definition) is 1. The van der Waals surface area contributed by atoms with Gasteiger partial charge in [-0.2, -0.15) is 0 Å². The van der Waals surface area contributed by atoms with Crippen LogP contribution in [0.1, 0.15) is 20.1 Å². The predicted molar refractivity (Wildman–Crippen MR) is 89.2 cm³/mol. The summed E-state index contributed by atoms with van der Waals surface area (Å²) in [6.07, 6.45) is 0. The first kappa shape index (κ1) is 15.8. The van der Waals surface area contributed by atoms with Crippen LogP contribution in [0.3, 0.4) is 0 Å². The molecule has 0 saturated heterocycles. The molecule has 0 saturated carbocycles. The molecule has 23 heavy (non-hydrogen) atoms. The van der Waals surface area contributed by atoms with Gasteiger partial charge in [0.15, 0.2) is 5.13 Å². The van der Waals surface area contributed by atoms with Gasteiger partial charge in [0.25, 0.3) is 5.91 Å². The van der Waals surface area contributed by atoms with Crippen LogP contribution in [0, 0.1) is 25.5 Å². The lowest BCUT2D eigenvalue weighted by Gasteiger charge is -2.03. The highest BCUT2D eigenvalue weighted by molar-refractivity contribution is 7.18. The van der Waals surface area contributed by atoms with Crippen molar-refractivity contribution in [2.45, 2.75) is 13.8 Å². The molecule has 0 radical (unpaired) electrons. The maximum Gasteiger partial charge on any atom is 0.260 e. The van der Waals surface area contributed by atoms with Crippen LogP contribution in [-0.2, 0) is 0 Å². The highest BCUT2D eigenvalue weighted by Crippen LogP contribution is 2.34. The Balaban J connectivity index is 1.86. The maximum absolute atomic E-state index is 13.6. The van der Waals surface area contributed by atoms with E-state index in [0.29, 0.717) is 5.13 Å². The van der Waals surface area contributed by atoms with Crippen LogP contribution >= 0.6 is 22.7 Å². The van der Waals surface area contributed by atoms with E-state index in [-0.39, 0.29) is 5.56 Å². The molecule has 118 valence electrons. The summed E-state index contributed by atoms with van der Waals surface area (Å²) < 4.78 is 26.8. The topological polar surface area (TPSA) is 42.0 Å². The zero-order valence-electron chi connectivity index (χ0n) is 12.3. The Kier molecular flexibility index (Phi) is 4.23. The number of thiazole rings is 1. The zero-order chi connectivity index (χ0) is 16.6. The quantitative estimate of drug-likeness (QED) is 0.721. The van der Waals surface area contributed by atoms with Gasteiger partial charge in [-0.25, -0.2) is 13.8 Å². The van der Waals surface area contributed by atoms with E-state index in [1.54, 1.807) is 11.3 Å². The van der Waals surface area contributed by atoms with Gasteiger partial charge in [-0.3, -0.25) is 10.1 Å². The van der Waals surface area contributed by atoms with Crippen molar-refractivity contribution in [3.8, 4) is 10.6 Å². The van der Waals surface area contributed by atoms with Crippen LogP contribution in [0.5, 0.6) is 0 Å². The second kappa shape index (κ2) is 6.17. The number of amides is 1. The molecule has 0 aliphatic rings. The Morgan fingerprint density at radius 2 is 1.91 bits per heavy atom. The molecule has 1 aromatic carbocycles. The first-order valence-electron chi connectivity index (χ1n) is 6.74. The number of halogens is 2. The average Bonchev–Trinajstić information content (AvgIpc) is 3.07. The molecule has 0 unspecified atom stereocenters. The van der Waals surface area contributed by atoms with Crippen molar-refractivity contribution in [2.24, 2.45) is 0 Å². The summed E-state index contributed by atoms with van der Waals surface area (Å²) in [5.74, 6) is -2.16. The van der Waals surface area contributed by atoms with Crippen molar-refractivity contribution < 1.29 is 13.6 Å². The summed E-state index contributed by atoms with van der Waals surface area (Å²) in [6, 6.07) is 6.74. The van der Waals surface area contributed by atoms with E-state index in [9.17, 15) is 13.6 Å². The summed E-state index contributed by atoms with van der Waals surface area (Å²) in [5.41, 5.74) is 0.453. The number of hydrogen-bond acceptors (Lipinski definition) is 4. The summed E-state index contributed by atoms with van der Waals surface area (Å²) >= 11 is 2.91. The zero-order valence-corrected chi connectivity index (χ0v) is 13.9. The molecule has 1 amide bonds. The Hall–Kier alpha value is -2.12. The summed E-state index contributed by atoms with van der Waals surface area (Å²) in [5, 5.41) is 2.89. The SMILES string of the molecule is Cc1ccc(-c2nc(NC(=O)c3cc(F)ccc3F)sc2C)s1. The standard InChI is InChI=1S/C16H12F2N2OS2/c1-8-3-6-13(22-8)14-9(2)23-16(19-14)20-15(21)11-7-10(17)4-5-12(11)18/h3-7H,1-2H3,(H,19,20,21). The van der Waals surface area contributed by atoms with Gasteiger partial charge in [-0.15, -0.1) is 22.7 Å². The van der Waals surface area contributed by atoms with E-state index in [1.807, 2.05) is 26.0 Å². The van der Waals surface area contributed by atoms with Gasteiger partial charge in [0.05, 0.1) is 16.1 Å². The highest BCUT2D eigenvalue weighted by Gasteiger charge is 2.17. The van der Waals surface area contributed by atoms with Gasteiger partial charge in [0.1, 0.15) is 11.6 Å². The fraction of sp³-hybridized carbons (Fsp3) is 0.125. The summed E-state index contributed by atoms with van der Waals surface area (Å²) in [7, 11) is 0. The summed E-state index contributed by atoms with van der Waals surface area (Å²) in [6.45, 7) is 3.91. The minimum absolute atomic E-state index is 0.341. The largest absolute Gasteiger partial charge is 0.298 e. The molecule has 3 nitrogen and oxygen atoms in total. The number of nitrogens with zero attached hydrogens (tertiary/aromatic N) is 1. The monoisotopic (exact) mass is 350 g/mol. The molecule has 1 N–H and O–H groups in total. The first-order valence-corrected chi connectivity index (χ1v) is 8.38. The van der Waals surface area contributed by atoms with Crippen molar-refractivity contribution in [1.82, 2.24) is 4.98 Å². The Morgan fingerprint density at radius 1 is 1.13 bits per heavy atom. The van der Waals surface area contributed by atoms with Crippen molar-refractivity contribution in [3.63, 3.8) is 0 Å². The van der Waals surface area contributed by atoms with Crippen LogP contribution in [0.15, 0.2) is 30.3 Å². The predicted octanol–water partition coefficient (Wildman–Crippen LogP) is 5.02. The molecule has 0 aliphatic heterocycles. The third-order valence-corrected chi connectivity index (χ3v) is 5.06. The molecular weight excluding hydrogens is 338 g/mol. The van der Waals surface area contributed by atoms with E-state index in [2.05, 4.69) is 10.3 Å². The molecule has 2 heterocycles. The van der Waals surface area contributed by atoms with Crippen LogP contribution in [0.4, 0.5) is 13.9 Å². The van der Waals surface area contributed by atoms with E-state index in [0.717, 1.165) is 33.6 Å². The number of nitrogens with one attached hydrogen (secondary N) is 1. The highest BCUT2D eigenvalue weighted by atomic mass is 32.1. The lowest BCUT2D eigenvalue weighted by atomic mass is 10.2. The maximum atomic E-state index is 13.6. The number of anilines is 1. The molecular formula is C16H12F2N2OS2. The van der Waals surface area contributed by atoms with E-state index in [1.165, 1.54) is 16.2 Å². The number of thiophene rings is 1. The molecule has 3 rings (SSSR count). The van der Waals surface area contributed by atoms with E-state index in [4.69, 9.17) is 0 Å². The summed E-state index contributed by atoms with van der Waals surface area (Å²) in [4.78, 5) is 19.6. The Morgan fingerprint density at radius 3 is 2.61 bits per heavy atom. The van der Waals surface area contributed by atoms with Gasteiger partial charge < -0.3 is 0 Å². The van der Waals surface area contributed by atoms with E-state index < -0.39 is 17.5 Å². The lowest BCUT2D eigenvalue weighted by Crippen LogP contribution is -2.13. The van der Waals surface area contributed by atoms with Crippen LogP contribution < -0.4 is 5.32 Å². The number of aryl methyl sites for hydroxylation is 2. The third kappa shape index (κ3) is 3.30. The van der Waals surface area contributed by atoms with Gasteiger partial charge >= 0.3 is 0 Å². The molecule has 0 bridgehead atoms. The fourth-order valence-corrected chi connectivity index (χ4v) is 3.88. The Bertz CT molecular complexity index is 886.